The maximum atomic E-state index is 12.8. The lowest BCUT2D eigenvalue weighted by Gasteiger charge is -2.12. The Kier molecular flexibility index (Phi) is 9.75. The number of anilines is 4. The number of benzene rings is 4. The van der Waals surface area contributed by atoms with Crippen LogP contribution in [0.1, 0.15) is 35.1 Å². The fourth-order valence-corrected chi connectivity index (χ4v) is 6.63. The molecule has 4 aromatic carbocycles. The summed E-state index contributed by atoms with van der Waals surface area (Å²) < 4.78 is 56.3. The molecule has 4 N–H and O–H groups in total. The predicted octanol–water partition coefficient (Wildman–Crippen LogP) is 5.88. The molecule has 10 nitrogen and oxygen atoms in total. The van der Waals surface area contributed by atoms with Crippen molar-refractivity contribution in [3.05, 3.63) is 107 Å². The van der Waals surface area contributed by atoms with Crippen LogP contribution in [0, 0.1) is 27.7 Å². The normalized spacial score (nSPS) is 11.5. The van der Waals surface area contributed by atoms with Crippen molar-refractivity contribution in [3.8, 4) is 0 Å². The third-order valence-electron chi connectivity index (χ3n) is 6.73. The summed E-state index contributed by atoms with van der Waals surface area (Å²) in [6.07, 6.45) is -0.237. The summed E-state index contributed by atoms with van der Waals surface area (Å²) in [5, 5.41) is 5.30. The van der Waals surface area contributed by atoms with Crippen LogP contribution >= 0.6 is 0 Å². The number of rotatable bonds is 11. The van der Waals surface area contributed by atoms with Crippen LogP contribution in [0.15, 0.2) is 94.7 Å². The molecule has 0 saturated carbocycles. The molecular weight excluding hydrogens is 601 g/mol. The minimum Gasteiger partial charge on any atom is -0.326 e. The minimum atomic E-state index is -3.83. The van der Waals surface area contributed by atoms with Crippen LogP contribution in [0.25, 0.3) is 0 Å². The third kappa shape index (κ3) is 8.45. The highest BCUT2D eigenvalue weighted by Crippen LogP contribution is 2.23. The van der Waals surface area contributed by atoms with Crippen molar-refractivity contribution in [1.82, 2.24) is 0 Å². The van der Waals surface area contributed by atoms with E-state index in [1.165, 1.54) is 48.5 Å². The summed E-state index contributed by atoms with van der Waals surface area (Å²) in [4.78, 5) is 24.9. The van der Waals surface area contributed by atoms with E-state index < -0.39 is 31.9 Å². The maximum absolute atomic E-state index is 12.8. The molecule has 0 atom stereocenters. The highest BCUT2D eigenvalue weighted by Gasteiger charge is 2.17. The number of sulfonamides is 2. The van der Waals surface area contributed by atoms with E-state index in [0.29, 0.717) is 22.7 Å². The van der Waals surface area contributed by atoms with Gasteiger partial charge in [-0.25, -0.2) is 16.8 Å². The number of hydrogen-bond acceptors (Lipinski definition) is 6. The maximum Gasteiger partial charge on any atom is 0.261 e. The van der Waals surface area contributed by atoms with Gasteiger partial charge in [-0.15, -0.1) is 0 Å². The number of amides is 2. The molecule has 0 unspecified atom stereocenters. The van der Waals surface area contributed by atoms with Gasteiger partial charge in [-0.1, -0.05) is 35.4 Å². The second-order valence-electron chi connectivity index (χ2n) is 10.5. The zero-order chi connectivity index (χ0) is 32.1. The Morgan fingerprint density at radius 2 is 0.864 bits per heavy atom. The Bertz CT molecular complexity index is 1760. The average Bonchev–Trinajstić information content (AvgIpc) is 2.95. The van der Waals surface area contributed by atoms with Crippen LogP contribution in [-0.2, 0) is 29.6 Å². The molecule has 0 aliphatic rings. The van der Waals surface area contributed by atoms with Crippen molar-refractivity contribution in [1.29, 1.82) is 0 Å². The van der Waals surface area contributed by atoms with Gasteiger partial charge in [0.2, 0.25) is 11.8 Å². The summed E-state index contributed by atoms with van der Waals surface area (Å²) in [7, 11) is -7.65. The Morgan fingerprint density at radius 1 is 0.523 bits per heavy atom. The minimum absolute atomic E-state index is 0.0368. The molecule has 2 amide bonds. The fourth-order valence-electron chi connectivity index (χ4n) is 4.37. The van der Waals surface area contributed by atoms with Crippen molar-refractivity contribution in [2.24, 2.45) is 0 Å². The van der Waals surface area contributed by atoms with Gasteiger partial charge in [0.15, 0.2) is 0 Å². The second kappa shape index (κ2) is 13.3. The molecule has 0 aliphatic heterocycles. The predicted molar refractivity (Wildman–Crippen MR) is 173 cm³/mol. The number of nitrogens with one attached hydrogen (secondary N) is 4. The SMILES string of the molecule is Cc1ccc(NS(=O)(=O)c2ccc(NC(=O)CCC(=O)Nc3ccc(S(=O)(=O)Nc4ccc(C)cc4C)cc3)cc2)c(C)c1. The van der Waals surface area contributed by atoms with E-state index >= 15 is 0 Å². The first kappa shape index (κ1) is 32.2. The van der Waals surface area contributed by atoms with Crippen LogP contribution in [0.2, 0.25) is 0 Å². The van der Waals surface area contributed by atoms with Crippen LogP contribution < -0.4 is 20.1 Å². The van der Waals surface area contributed by atoms with Crippen LogP contribution in [0.3, 0.4) is 0 Å². The summed E-state index contributed by atoms with van der Waals surface area (Å²) in [6.45, 7) is 7.48. The molecule has 0 bridgehead atoms. The summed E-state index contributed by atoms with van der Waals surface area (Å²) in [5.41, 5.74) is 5.37. The summed E-state index contributed by atoms with van der Waals surface area (Å²) >= 11 is 0. The Morgan fingerprint density at radius 3 is 1.18 bits per heavy atom. The second-order valence-corrected chi connectivity index (χ2v) is 13.9. The lowest BCUT2D eigenvalue weighted by Crippen LogP contribution is -2.18. The van der Waals surface area contributed by atoms with E-state index in [2.05, 4.69) is 20.1 Å². The monoisotopic (exact) mass is 634 g/mol. The van der Waals surface area contributed by atoms with Crippen molar-refractivity contribution >= 4 is 54.6 Å². The first-order chi connectivity index (χ1) is 20.7. The quantitative estimate of drug-likeness (QED) is 0.162. The average molecular weight is 635 g/mol. The van der Waals surface area contributed by atoms with E-state index in [0.717, 1.165) is 22.3 Å². The highest BCUT2D eigenvalue weighted by atomic mass is 32.2. The largest absolute Gasteiger partial charge is 0.326 e. The smallest absolute Gasteiger partial charge is 0.261 e. The van der Waals surface area contributed by atoms with Crippen LogP contribution in [0.5, 0.6) is 0 Å². The molecule has 0 saturated heterocycles. The molecule has 0 aliphatic carbocycles. The van der Waals surface area contributed by atoms with E-state index in [1.54, 1.807) is 12.1 Å². The van der Waals surface area contributed by atoms with Gasteiger partial charge in [-0.05, 0) is 99.5 Å². The zero-order valence-corrected chi connectivity index (χ0v) is 26.4. The third-order valence-corrected chi connectivity index (χ3v) is 9.49. The van der Waals surface area contributed by atoms with Gasteiger partial charge < -0.3 is 10.6 Å². The van der Waals surface area contributed by atoms with Gasteiger partial charge in [0.25, 0.3) is 20.0 Å². The molecule has 4 aromatic rings. The van der Waals surface area contributed by atoms with Gasteiger partial charge in [-0.3, -0.25) is 19.0 Å². The fraction of sp³-hybridized carbons (Fsp3) is 0.188. The Labute approximate surface area is 258 Å². The first-order valence-electron chi connectivity index (χ1n) is 13.7. The van der Waals surface area contributed by atoms with Gasteiger partial charge >= 0.3 is 0 Å². The van der Waals surface area contributed by atoms with Crippen molar-refractivity contribution < 1.29 is 26.4 Å². The number of hydrogen-bond donors (Lipinski definition) is 4. The molecule has 0 fully saturated rings. The Balaban J connectivity index is 1.26. The molecule has 0 spiro atoms. The van der Waals surface area contributed by atoms with Crippen LogP contribution in [-0.4, -0.2) is 28.6 Å². The molecule has 0 heterocycles. The first-order valence-corrected chi connectivity index (χ1v) is 16.7. The molecule has 44 heavy (non-hydrogen) atoms. The molecule has 4 rings (SSSR count). The van der Waals surface area contributed by atoms with E-state index in [9.17, 15) is 26.4 Å². The van der Waals surface area contributed by atoms with Crippen molar-refractivity contribution in [2.75, 3.05) is 20.1 Å². The van der Waals surface area contributed by atoms with Crippen LogP contribution in [0.4, 0.5) is 22.7 Å². The topological polar surface area (TPSA) is 151 Å². The summed E-state index contributed by atoms with van der Waals surface area (Å²) in [6, 6.07) is 22.2. The van der Waals surface area contributed by atoms with Gasteiger partial charge in [0.1, 0.15) is 0 Å². The van der Waals surface area contributed by atoms with Gasteiger partial charge in [-0.2, -0.15) is 0 Å². The van der Waals surface area contributed by atoms with E-state index in [-0.39, 0.29) is 22.6 Å². The van der Waals surface area contributed by atoms with E-state index in [4.69, 9.17) is 0 Å². The molecule has 0 radical (unpaired) electrons. The zero-order valence-electron chi connectivity index (χ0n) is 24.8. The molecule has 0 aromatic heterocycles. The Hall–Kier alpha value is -4.68. The van der Waals surface area contributed by atoms with Crippen molar-refractivity contribution in [2.45, 2.75) is 50.3 Å². The lowest BCUT2D eigenvalue weighted by molar-refractivity contribution is -0.121. The molecular formula is C32H34N4O6S2. The standard InChI is InChI=1S/C32H34N4O6S2/c1-21-5-15-29(23(3)19-21)35-43(39,40)27-11-7-25(8-12-27)33-31(37)17-18-32(38)34-26-9-13-28(14-10-26)44(41,42)36-30-16-6-22(2)20-24(30)4/h5-16,19-20,35-36H,17-18H2,1-4H3,(H,33,37)(H,34,38). The number of carbonyl (C=O) groups is 2. The van der Waals surface area contributed by atoms with Gasteiger partial charge in [0.05, 0.1) is 21.2 Å². The number of aryl methyl sites for hydroxylation is 4. The highest BCUT2D eigenvalue weighted by molar-refractivity contribution is 7.93. The summed E-state index contributed by atoms with van der Waals surface area (Å²) in [5.74, 6) is -0.855. The van der Waals surface area contributed by atoms with Crippen molar-refractivity contribution in [3.63, 3.8) is 0 Å². The number of carbonyl (C=O) groups excluding carboxylic acids is 2. The van der Waals surface area contributed by atoms with Gasteiger partial charge in [0, 0.05) is 24.2 Å². The van der Waals surface area contributed by atoms with E-state index in [1.807, 2.05) is 52.0 Å². The molecule has 12 heteroatoms. The lowest BCUT2D eigenvalue weighted by atomic mass is 10.1. The molecule has 230 valence electrons.